The smallest absolute Gasteiger partial charge is 0.161 e. The third-order valence-electron chi connectivity index (χ3n) is 5.58. The largest absolute Gasteiger partial charge is 0.493 e. The number of hydrogen-bond donors (Lipinski definition) is 0. The minimum atomic E-state index is 0.310. The summed E-state index contributed by atoms with van der Waals surface area (Å²) < 4.78 is 11.0. The average molecular weight is 285 g/mol. The molecule has 1 spiro atoms. The first-order chi connectivity index (χ1) is 10.3. The molecule has 0 bridgehead atoms. The summed E-state index contributed by atoms with van der Waals surface area (Å²) in [5.74, 6) is 1.71. The number of hydrogen-bond acceptors (Lipinski definition) is 3. The molecule has 0 N–H and O–H groups in total. The van der Waals surface area contributed by atoms with E-state index in [1.807, 2.05) is 0 Å². The van der Waals surface area contributed by atoms with Crippen molar-refractivity contribution in [2.45, 2.75) is 37.6 Å². The van der Waals surface area contributed by atoms with Crippen molar-refractivity contribution in [3.05, 3.63) is 29.3 Å². The Balaban J connectivity index is 1.89. The molecule has 4 rings (SSSR count). The highest BCUT2D eigenvalue weighted by molar-refractivity contribution is 5.80. The highest BCUT2D eigenvalue weighted by Gasteiger charge is 2.47. The molecule has 3 nitrogen and oxygen atoms in total. The molecule has 0 radical (unpaired) electrons. The van der Waals surface area contributed by atoms with Crippen LogP contribution >= 0.6 is 0 Å². The fourth-order valence-corrected chi connectivity index (χ4v) is 4.62. The van der Waals surface area contributed by atoms with E-state index < -0.39 is 0 Å². The van der Waals surface area contributed by atoms with Crippen LogP contribution in [0.5, 0.6) is 11.5 Å². The Kier molecular flexibility index (Phi) is 3.00. The lowest BCUT2D eigenvalue weighted by atomic mass is 9.83. The van der Waals surface area contributed by atoms with Crippen LogP contribution in [0.3, 0.4) is 0 Å². The van der Waals surface area contributed by atoms with Crippen molar-refractivity contribution in [2.24, 2.45) is 0 Å². The maximum Gasteiger partial charge on any atom is 0.161 e. The number of allylic oxidation sites excluding steroid dienone is 1. The van der Waals surface area contributed by atoms with E-state index in [1.165, 1.54) is 49.9 Å². The van der Waals surface area contributed by atoms with E-state index in [0.717, 1.165) is 17.9 Å². The molecule has 112 valence electrons. The number of ether oxygens (including phenoxy) is 2. The van der Waals surface area contributed by atoms with Gasteiger partial charge in [-0.25, -0.2) is 0 Å². The number of rotatable bonds is 2. The Hall–Kier alpha value is -1.48. The molecular weight excluding hydrogens is 262 g/mol. The zero-order valence-corrected chi connectivity index (χ0v) is 12.9. The molecule has 2 heterocycles. The van der Waals surface area contributed by atoms with Crippen molar-refractivity contribution in [2.75, 3.05) is 27.3 Å². The van der Waals surface area contributed by atoms with Crippen LogP contribution in [0.2, 0.25) is 0 Å². The fraction of sp³-hybridized carbons (Fsp3) is 0.556. The minimum Gasteiger partial charge on any atom is -0.493 e. The monoisotopic (exact) mass is 285 g/mol. The molecule has 0 aromatic heterocycles. The molecule has 0 saturated carbocycles. The zero-order chi connectivity index (χ0) is 14.4. The van der Waals surface area contributed by atoms with Gasteiger partial charge in [-0.1, -0.05) is 6.08 Å². The first kappa shape index (κ1) is 13.2. The second-order valence-corrected chi connectivity index (χ2v) is 6.39. The molecule has 21 heavy (non-hydrogen) atoms. The molecular formula is C18H23NO2. The first-order valence-electron chi connectivity index (χ1n) is 7.99. The summed E-state index contributed by atoms with van der Waals surface area (Å²) in [6, 6.07) is 4.39. The highest BCUT2D eigenvalue weighted by atomic mass is 16.5. The molecule has 3 heteroatoms. The number of fused-ring (bicyclic) bond motifs is 2. The average Bonchev–Trinajstić information content (AvgIpc) is 3.10. The Morgan fingerprint density at radius 3 is 2.67 bits per heavy atom. The van der Waals surface area contributed by atoms with Crippen LogP contribution in [0.4, 0.5) is 0 Å². The van der Waals surface area contributed by atoms with Gasteiger partial charge in [0.05, 0.1) is 14.2 Å². The van der Waals surface area contributed by atoms with E-state index in [0.29, 0.717) is 5.54 Å². The summed E-state index contributed by atoms with van der Waals surface area (Å²) >= 11 is 0. The maximum atomic E-state index is 5.53. The first-order valence-corrected chi connectivity index (χ1v) is 7.99. The molecule has 0 amide bonds. The third kappa shape index (κ3) is 1.76. The van der Waals surface area contributed by atoms with Crippen LogP contribution in [0, 0.1) is 0 Å². The topological polar surface area (TPSA) is 21.7 Å². The number of benzene rings is 1. The van der Waals surface area contributed by atoms with Gasteiger partial charge in [0.1, 0.15) is 0 Å². The van der Waals surface area contributed by atoms with Gasteiger partial charge in [0.25, 0.3) is 0 Å². The second-order valence-electron chi connectivity index (χ2n) is 6.39. The van der Waals surface area contributed by atoms with Crippen LogP contribution in [-0.4, -0.2) is 37.7 Å². The summed E-state index contributed by atoms with van der Waals surface area (Å²) in [6.07, 6.45) is 8.71. The molecule has 1 fully saturated rings. The lowest BCUT2D eigenvalue weighted by Crippen LogP contribution is -2.42. The standard InChI is InChI=1S/C18H23NO2/c1-20-16-11-13-6-10-19-9-4-8-18(19)7-3-5-15(18)14(13)12-17(16)21-2/h5,11-12H,3-4,6-10H2,1-2H3. The summed E-state index contributed by atoms with van der Waals surface area (Å²) in [5.41, 5.74) is 4.67. The van der Waals surface area contributed by atoms with Crippen LogP contribution in [-0.2, 0) is 6.42 Å². The summed E-state index contributed by atoms with van der Waals surface area (Å²) in [4.78, 5) is 2.73. The molecule has 1 aromatic carbocycles. The van der Waals surface area contributed by atoms with Gasteiger partial charge in [0.15, 0.2) is 11.5 Å². The summed E-state index contributed by atoms with van der Waals surface area (Å²) in [6.45, 7) is 2.42. The SMILES string of the molecule is COc1cc2c(cc1OC)C1=CCCC13CCCN3CC2. The van der Waals surface area contributed by atoms with E-state index in [1.54, 1.807) is 19.8 Å². The van der Waals surface area contributed by atoms with E-state index >= 15 is 0 Å². The van der Waals surface area contributed by atoms with Crippen LogP contribution < -0.4 is 9.47 Å². The van der Waals surface area contributed by atoms with Crippen molar-refractivity contribution in [3.63, 3.8) is 0 Å². The van der Waals surface area contributed by atoms with Crippen molar-refractivity contribution in [3.8, 4) is 11.5 Å². The highest BCUT2D eigenvalue weighted by Crippen LogP contribution is 2.51. The Bertz CT molecular complexity index is 607. The normalized spacial score (nSPS) is 27.4. The predicted octanol–water partition coefficient (Wildman–Crippen LogP) is 3.27. The van der Waals surface area contributed by atoms with Crippen molar-refractivity contribution in [1.82, 2.24) is 4.90 Å². The quantitative estimate of drug-likeness (QED) is 0.832. The van der Waals surface area contributed by atoms with Gasteiger partial charge in [-0.05, 0) is 67.5 Å². The molecule has 2 aliphatic heterocycles. The van der Waals surface area contributed by atoms with Gasteiger partial charge in [-0.2, -0.15) is 0 Å². The summed E-state index contributed by atoms with van der Waals surface area (Å²) in [7, 11) is 3.44. The third-order valence-corrected chi connectivity index (χ3v) is 5.58. The Labute approximate surface area is 126 Å². The van der Waals surface area contributed by atoms with Gasteiger partial charge < -0.3 is 9.47 Å². The van der Waals surface area contributed by atoms with E-state index in [4.69, 9.17) is 9.47 Å². The van der Waals surface area contributed by atoms with Crippen LogP contribution in [0.25, 0.3) is 5.57 Å². The van der Waals surface area contributed by atoms with Crippen LogP contribution in [0.15, 0.2) is 18.2 Å². The lowest BCUT2D eigenvalue weighted by molar-refractivity contribution is 0.197. The zero-order valence-electron chi connectivity index (χ0n) is 12.9. The Morgan fingerprint density at radius 1 is 1.05 bits per heavy atom. The molecule has 3 aliphatic rings. The van der Waals surface area contributed by atoms with Gasteiger partial charge in [0, 0.05) is 12.1 Å². The number of nitrogens with zero attached hydrogens (tertiary/aromatic N) is 1. The second kappa shape index (κ2) is 4.77. The van der Waals surface area contributed by atoms with Crippen molar-refractivity contribution >= 4 is 5.57 Å². The molecule has 1 atom stereocenters. The number of methoxy groups -OCH3 is 2. The van der Waals surface area contributed by atoms with Gasteiger partial charge in [-0.15, -0.1) is 0 Å². The summed E-state index contributed by atoms with van der Waals surface area (Å²) in [5, 5.41) is 0. The molecule has 1 unspecified atom stereocenters. The van der Waals surface area contributed by atoms with E-state index in [9.17, 15) is 0 Å². The van der Waals surface area contributed by atoms with Gasteiger partial charge >= 0.3 is 0 Å². The van der Waals surface area contributed by atoms with Gasteiger partial charge in [-0.3, -0.25) is 4.90 Å². The predicted molar refractivity (Wildman–Crippen MR) is 84.0 cm³/mol. The maximum absolute atomic E-state index is 5.53. The Morgan fingerprint density at radius 2 is 1.86 bits per heavy atom. The molecule has 1 aromatic rings. The van der Waals surface area contributed by atoms with E-state index in [-0.39, 0.29) is 0 Å². The fourth-order valence-electron chi connectivity index (χ4n) is 4.62. The van der Waals surface area contributed by atoms with Crippen LogP contribution in [0.1, 0.15) is 36.8 Å². The van der Waals surface area contributed by atoms with Gasteiger partial charge in [0.2, 0.25) is 0 Å². The van der Waals surface area contributed by atoms with Crippen molar-refractivity contribution < 1.29 is 9.47 Å². The lowest BCUT2D eigenvalue weighted by Gasteiger charge is -2.36. The van der Waals surface area contributed by atoms with Crippen molar-refractivity contribution in [1.29, 1.82) is 0 Å². The minimum absolute atomic E-state index is 0.310. The molecule has 1 aliphatic carbocycles. The van der Waals surface area contributed by atoms with E-state index in [2.05, 4.69) is 23.1 Å². The molecule has 1 saturated heterocycles.